The maximum absolute atomic E-state index is 11.5. The number of hydrogen-bond acceptors (Lipinski definition) is 3. The van der Waals surface area contributed by atoms with Crippen molar-refractivity contribution in [2.75, 3.05) is 6.54 Å². The minimum Gasteiger partial charge on any atom is -0.481 e. The molecule has 0 unspecified atom stereocenters. The Hall–Kier alpha value is -1.36. The van der Waals surface area contributed by atoms with E-state index in [1.165, 1.54) is 5.56 Å². The van der Waals surface area contributed by atoms with Gasteiger partial charge in [0.2, 0.25) is 5.91 Å². The van der Waals surface area contributed by atoms with Gasteiger partial charge in [0.05, 0.1) is 5.41 Å². The first-order valence-electron chi connectivity index (χ1n) is 5.43. The van der Waals surface area contributed by atoms with E-state index in [9.17, 15) is 9.59 Å². The average molecular weight is 255 g/mol. The predicted octanol–water partition coefficient (Wildman–Crippen LogP) is 1.91. The molecule has 0 bridgehead atoms. The Kier molecular flexibility index (Phi) is 4.69. The lowest BCUT2D eigenvalue weighted by atomic mass is 9.89. The van der Waals surface area contributed by atoms with Gasteiger partial charge in [0.1, 0.15) is 0 Å². The van der Waals surface area contributed by atoms with Crippen LogP contribution in [0.4, 0.5) is 0 Å². The molecule has 0 aromatic carbocycles. The van der Waals surface area contributed by atoms with Crippen molar-refractivity contribution in [1.29, 1.82) is 0 Å². The molecule has 5 heteroatoms. The highest BCUT2D eigenvalue weighted by molar-refractivity contribution is 7.07. The van der Waals surface area contributed by atoms with Crippen LogP contribution in [0.25, 0.3) is 0 Å². The van der Waals surface area contributed by atoms with Gasteiger partial charge in [0, 0.05) is 13.0 Å². The molecule has 1 aromatic heterocycles. The largest absolute Gasteiger partial charge is 0.481 e. The molecular weight excluding hydrogens is 238 g/mol. The van der Waals surface area contributed by atoms with Crippen molar-refractivity contribution in [2.45, 2.75) is 26.7 Å². The van der Waals surface area contributed by atoms with Crippen molar-refractivity contribution in [3.8, 4) is 0 Å². The molecular formula is C12H17NO3S. The molecule has 0 fully saturated rings. The Morgan fingerprint density at radius 1 is 1.47 bits per heavy atom. The quantitative estimate of drug-likeness (QED) is 0.816. The van der Waals surface area contributed by atoms with Gasteiger partial charge in [-0.1, -0.05) is 0 Å². The van der Waals surface area contributed by atoms with Crippen LogP contribution in [0.15, 0.2) is 16.8 Å². The van der Waals surface area contributed by atoms with E-state index in [1.807, 2.05) is 16.8 Å². The molecule has 0 atom stereocenters. The Balaban J connectivity index is 2.28. The second kappa shape index (κ2) is 5.82. The third-order valence-electron chi connectivity index (χ3n) is 2.50. The third kappa shape index (κ3) is 4.56. The average Bonchev–Trinajstić information content (AvgIpc) is 2.69. The Morgan fingerprint density at radius 3 is 2.71 bits per heavy atom. The normalized spacial score (nSPS) is 11.2. The van der Waals surface area contributed by atoms with Gasteiger partial charge in [-0.3, -0.25) is 9.59 Å². The van der Waals surface area contributed by atoms with E-state index in [0.29, 0.717) is 6.54 Å². The predicted molar refractivity (Wildman–Crippen MR) is 67.1 cm³/mol. The minimum absolute atomic E-state index is 0.00592. The number of rotatable bonds is 6. The lowest BCUT2D eigenvalue weighted by molar-refractivity contribution is -0.149. The third-order valence-corrected chi connectivity index (χ3v) is 3.23. The van der Waals surface area contributed by atoms with E-state index in [0.717, 1.165) is 6.42 Å². The standard InChI is InChI=1S/C12H17NO3S/c1-12(2,11(15)16)7-10(14)13-5-3-9-4-6-17-8-9/h4,6,8H,3,5,7H2,1-2H3,(H,13,14)(H,15,16). The van der Waals surface area contributed by atoms with Gasteiger partial charge >= 0.3 is 5.97 Å². The van der Waals surface area contributed by atoms with Crippen LogP contribution >= 0.6 is 11.3 Å². The molecule has 0 saturated heterocycles. The number of hydrogen-bond donors (Lipinski definition) is 2. The van der Waals surface area contributed by atoms with Crippen LogP contribution in [0.3, 0.4) is 0 Å². The zero-order chi connectivity index (χ0) is 12.9. The van der Waals surface area contributed by atoms with E-state index < -0.39 is 11.4 Å². The number of aliphatic carboxylic acids is 1. The molecule has 1 rings (SSSR count). The van der Waals surface area contributed by atoms with Crippen molar-refractivity contribution < 1.29 is 14.7 Å². The summed E-state index contributed by atoms with van der Waals surface area (Å²) in [6.07, 6.45) is 0.786. The van der Waals surface area contributed by atoms with Crippen LogP contribution in [0.2, 0.25) is 0 Å². The number of carbonyl (C=O) groups excluding carboxylic acids is 1. The molecule has 0 aliphatic heterocycles. The first kappa shape index (κ1) is 13.7. The summed E-state index contributed by atoms with van der Waals surface area (Å²) in [4.78, 5) is 22.4. The number of amides is 1. The molecule has 17 heavy (non-hydrogen) atoms. The topological polar surface area (TPSA) is 66.4 Å². The molecule has 1 amide bonds. The lowest BCUT2D eigenvalue weighted by Gasteiger charge is -2.18. The first-order chi connectivity index (χ1) is 7.92. The summed E-state index contributed by atoms with van der Waals surface area (Å²) in [7, 11) is 0. The molecule has 1 heterocycles. The van der Waals surface area contributed by atoms with Crippen molar-refractivity contribution in [2.24, 2.45) is 5.41 Å². The molecule has 1 aromatic rings. The summed E-state index contributed by atoms with van der Waals surface area (Å²) >= 11 is 1.62. The zero-order valence-corrected chi connectivity index (χ0v) is 10.8. The summed E-state index contributed by atoms with van der Waals surface area (Å²) in [6, 6.07) is 2.01. The van der Waals surface area contributed by atoms with Crippen LogP contribution < -0.4 is 5.32 Å². The molecule has 0 radical (unpaired) electrons. The fourth-order valence-electron chi connectivity index (χ4n) is 1.32. The van der Waals surface area contributed by atoms with Crippen molar-refractivity contribution >= 4 is 23.2 Å². The molecule has 0 aliphatic rings. The zero-order valence-electron chi connectivity index (χ0n) is 10.0. The van der Waals surface area contributed by atoms with Crippen LogP contribution in [-0.4, -0.2) is 23.5 Å². The van der Waals surface area contributed by atoms with Gasteiger partial charge in [-0.05, 0) is 42.7 Å². The lowest BCUT2D eigenvalue weighted by Crippen LogP contribution is -2.34. The number of nitrogens with one attached hydrogen (secondary N) is 1. The first-order valence-corrected chi connectivity index (χ1v) is 6.37. The van der Waals surface area contributed by atoms with E-state index in [1.54, 1.807) is 25.2 Å². The van der Waals surface area contributed by atoms with E-state index in [2.05, 4.69) is 5.32 Å². The maximum atomic E-state index is 11.5. The van der Waals surface area contributed by atoms with Gasteiger partial charge in [-0.15, -0.1) is 0 Å². The number of carboxylic acids is 1. The second-order valence-electron chi connectivity index (χ2n) is 4.60. The summed E-state index contributed by atoms with van der Waals surface area (Å²) in [5.74, 6) is -1.17. The van der Waals surface area contributed by atoms with E-state index >= 15 is 0 Å². The van der Waals surface area contributed by atoms with Gasteiger partial charge < -0.3 is 10.4 Å². The fourth-order valence-corrected chi connectivity index (χ4v) is 2.02. The summed E-state index contributed by atoms with van der Waals surface area (Å²) in [5.41, 5.74) is 0.180. The molecule has 0 aliphatic carbocycles. The number of carbonyl (C=O) groups is 2. The second-order valence-corrected chi connectivity index (χ2v) is 5.38. The maximum Gasteiger partial charge on any atom is 0.309 e. The molecule has 0 spiro atoms. The Morgan fingerprint density at radius 2 is 2.18 bits per heavy atom. The number of thiophene rings is 1. The molecule has 0 saturated carbocycles. The monoisotopic (exact) mass is 255 g/mol. The van der Waals surface area contributed by atoms with Crippen molar-refractivity contribution in [1.82, 2.24) is 5.32 Å². The Labute approximate surface area is 105 Å². The smallest absolute Gasteiger partial charge is 0.309 e. The van der Waals surface area contributed by atoms with Crippen molar-refractivity contribution in [3.05, 3.63) is 22.4 Å². The van der Waals surface area contributed by atoms with Crippen LogP contribution in [0.1, 0.15) is 25.8 Å². The summed E-state index contributed by atoms with van der Waals surface area (Å²) in [5, 5.41) is 15.6. The number of carboxylic acid groups (broad SMARTS) is 1. The summed E-state index contributed by atoms with van der Waals surface area (Å²) < 4.78 is 0. The highest BCUT2D eigenvalue weighted by Crippen LogP contribution is 2.19. The molecule has 4 nitrogen and oxygen atoms in total. The highest BCUT2D eigenvalue weighted by atomic mass is 32.1. The van der Waals surface area contributed by atoms with Gasteiger partial charge in [0.25, 0.3) is 0 Å². The van der Waals surface area contributed by atoms with Crippen LogP contribution in [-0.2, 0) is 16.0 Å². The summed E-state index contributed by atoms with van der Waals surface area (Å²) in [6.45, 7) is 3.65. The van der Waals surface area contributed by atoms with Gasteiger partial charge in [-0.25, -0.2) is 0 Å². The van der Waals surface area contributed by atoms with Crippen molar-refractivity contribution in [3.63, 3.8) is 0 Å². The fraction of sp³-hybridized carbons (Fsp3) is 0.500. The van der Waals surface area contributed by atoms with Crippen LogP contribution in [0.5, 0.6) is 0 Å². The molecule has 2 N–H and O–H groups in total. The molecule has 94 valence electrons. The minimum atomic E-state index is -1.01. The van der Waals surface area contributed by atoms with E-state index in [-0.39, 0.29) is 12.3 Å². The SMILES string of the molecule is CC(C)(CC(=O)NCCc1ccsc1)C(=O)O. The Bertz CT molecular complexity index is 384. The van der Waals surface area contributed by atoms with Crippen LogP contribution in [0, 0.1) is 5.41 Å². The van der Waals surface area contributed by atoms with E-state index in [4.69, 9.17) is 5.11 Å². The highest BCUT2D eigenvalue weighted by Gasteiger charge is 2.29. The van der Waals surface area contributed by atoms with Gasteiger partial charge in [-0.2, -0.15) is 11.3 Å². The van der Waals surface area contributed by atoms with Gasteiger partial charge in [0.15, 0.2) is 0 Å².